The molecule has 0 spiro atoms. The molecular weight excluding hydrogens is 328 g/mol. The predicted octanol–water partition coefficient (Wildman–Crippen LogP) is 3.24. The van der Waals surface area contributed by atoms with Crippen LogP contribution in [0.4, 0.5) is 0 Å². The number of nitriles is 1. The Morgan fingerprint density at radius 1 is 1.25 bits per heavy atom. The average Bonchev–Trinajstić information content (AvgIpc) is 2.60. The molecule has 5 nitrogen and oxygen atoms in total. The third-order valence-electron chi connectivity index (χ3n) is 3.93. The fourth-order valence-corrected chi connectivity index (χ4v) is 2.77. The normalized spacial score (nSPS) is 16.3. The number of nitrogens with zero attached hydrogens (tertiary/aromatic N) is 1. The minimum atomic E-state index is -0.819. The van der Waals surface area contributed by atoms with Crippen LogP contribution in [0.25, 0.3) is 6.08 Å². The summed E-state index contributed by atoms with van der Waals surface area (Å²) in [7, 11) is 0. The first-order valence-electron chi connectivity index (χ1n) is 7.86. The molecule has 126 valence electrons. The van der Waals surface area contributed by atoms with Gasteiger partial charge in [-0.2, -0.15) is 5.26 Å². The van der Waals surface area contributed by atoms with Crippen LogP contribution in [0.3, 0.4) is 0 Å². The van der Waals surface area contributed by atoms with E-state index in [2.05, 4.69) is 11.4 Å². The molecule has 1 aliphatic rings. The molecule has 0 radical (unpaired) electrons. The lowest BCUT2D eigenvalue weighted by Gasteiger charge is -2.31. The van der Waals surface area contributed by atoms with Gasteiger partial charge in [0.2, 0.25) is 0 Å². The van der Waals surface area contributed by atoms with Gasteiger partial charge in [0.25, 0.3) is 5.91 Å². The van der Waals surface area contributed by atoms with Gasteiger partial charge in [0.1, 0.15) is 5.54 Å². The molecule has 1 amide bonds. The first-order chi connectivity index (χ1) is 11.5. The van der Waals surface area contributed by atoms with Crippen molar-refractivity contribution in [1.29, 1.82) is 5.26 Å². The number of rotatable bonds is 5. The Hall–Kier alpha value is -2.32. The van der Waals surface area contributed by atoms with Crippen molar-refractivity contribution >= 4 is 29.6 Å². The lowest BCUT2D eigenvalue weighted by atomic mass is 9.83. The number of amides is 1. The van der Waals surface area contributed by atoms with Gasteiger partial charge in [-0.1, -0.05) is 43.0 Å². The molecule has 1 saturated carbocycles. The van der Waals surface area contributed by atoms with E-state index in [9.17, 15) is 14.9 Å². The van der Waals surface area contributed by atoms with Gasteiger partial charge in [-0.05, 0) is 36.6 Å². The van der Waals surface area contributed by atoms with Gasteiger partial charge < -0.3 is 10.1 Å². The summed E-state index contributed by atoms with van der Waals surface area (Å²) >= 11 is 5.78. The van der Waals surface area contributed by atoms with Crippen LogP contribution >= 0.6 is 11.6 Å². The lowest BCUT2D eigenvalue weighted by molar-refractivity contribution is -0.144. The molecule has 2 rings (SSSR count). The maximum atomic E-state index is 11.9. The molecule has 24 heavy (non-hydrogen) atoms. The maximum Gasteiger partial charge on any atom is 0.331 e. The van der Waals surface area contributed by atoms with Gasteiger partial charge in [-0.25, -0.2) is 4.79 Å². The highest BCUT2D eigenvalue weighted by Crippen LogP contribution is 2.27. The van der Waals surface area contributed by atoms with E-state index >= 15 is 0 Å². The van der Waals surface area contributed by atoms with Crippen molar-refractivity contribution in [2.75, 3.05) is 6.61 Å². The molecule has 6 heteroatoms. The second kappa shape index (κ2) is 8.51. The third kappa shape index (κ3) is 5.39. The largest absolute Gasteiger partial charge is 0.452 e. The zero-order valence-electron chi connectivity index (χ0n) is 13.3. The highest BCUT2D eigenvalue weighted by molar-refractivity contribution is 6.30. The molecule has 0 saturated heterocycles. The van der Waals surface area contributed by atoms with Crippen molar-refractivity contribution in [2.45, 2.75) is 37.6 Å². The van der Waals surface area contributed by atoms with Crippen LogP contribution in [-0.2, 0) is 14.3 Å². The summed E-state index contributed by atoms with van der Waals surface area (Å²) in [6, 6.07) is 9.14. The zero-order valence-corrected chi connectivity index (χ0v) is 14.0. The van der Waals surface area contributed by atoms with Crippen molar-refractivity contribution in [1.82, 2.24) is 5.32 Å². The molecule has 1 aromatic carbocycles. The number of halogens is 1. The van der Waals surface area contributed by atoms with E-state index in [0.717, 1.165) is 24.8 Å². The molecule has 1 aliphatic carbocycles. The summed E-state index contributed by atoms with van der Waals surface area (Å²) in [4.78, 5) is 23.6. The van der Waals surface area contributed by atoms with Gasteiger partial charge >= 0.3 is 5.97 Å². The topological polar surface area (TPSA) is 79.2 Å². The van der Waals surface area contributed by atoms with Crippen molar-refractivity contribution < 1.29 is 14.3 Å². The Bertz CT molecular complexity index is 656. The fraction of sp³-hybridized carbons (Fsp3) is 0.389. The summed E-state index contributed by atoms with van der Waals surface area (Å²) in [5, 5.41) is 12.6. The van der Waals surface area contributed by atoms with Crippen molar-refractivity contribution in [2.24, 2.45) is 0 Å². The quantitative estimate of drug-likeness (QED) is 0.655. The van der Waals surface area contributed by atoms with Crippen LogP contribution < -0.4 is 5.32 Å². The zero-order chi connectivity index (χ0) is 17.4. The number of esters is 1. The van der Waals surface area contributed by atoms with Crippen LogP contribution in [0.5, 0.6) is 0 Å². The second-order valence-corrected chi connectivity index (χ2v) is 6.23. The number of ether oxygens (including phenoxy) is 1. The van der Waals surface area contributed by atoms with Crippen molar-refractivity contribution in [3.05, 3.63) is 40.9 Å². The predicted molar refractivity (Wildman–Crippen MR) is 91.0 cm³/mol. The SMILES string of the molecule is N#CC1(NC(=O)COC(=O)/C=C/c2ccc(Cl)cc2)CCCCC1. The summed E-state index contributed by atoms with van der Waals surface area (Å²) < 4.78 is 4.91. The summed E-state index contributed by atoms with van der Waals surface area (Å²) in [6.07, 6.45) is 7.00. The Labute approximate surface area is 146 Å². The van der Waals surface area contributed by atoms with E-state index in [-0.39, 0.29) is 0 Å². The first kappa shape index (κ1) is 18.0. The van der Waals surface area contributed by atoms with Gasteiger partial charge in [-0.3, -0.25) is 4.79 Å². The van der Waals surface area contributed by atoms with E-state index in [1.165, 1.54) is 6.08 Å². The minimum absolute atomic E-state index is 0.396. The van der Waals surface area contributed by atoms with Crippen LogP contribution in [0.15, 0.2) is 30.3 Å². The Morgan fingerprint density at radius 2 is 1.92 bits per heavy atom. The maximum absolute atomic E-state index is 11.9. The minimum Gasteiger partial charge on any atom is -0.452 e. The van der Waals surface area contributed by atoms with Gasteiger partial charge in [0.15, 0.2) is 6.61 Å². The van der Waals surface area contributed by atoms with Crippen LogP contribution in [0.1, 0.15) is 37.7 Å². The molecule has 0 atom stereocenters. The molecule has 1 N–H and O–H groups in total. The summed E-state index contributed by atoms with van der Waals surface area (Å²) in [5.41, 5.74) is -0.0209. The monoisotopic (exact) mass is 346 g/mol. The molecule has 1 fully saturated rings. The average molecular weight is 347 g/mol. The Balaban J connectivity index is 1.79. The van der Waals surface area contributed by atoms with Gasteiger partial charge in [0.05, 0.1) is 6.07 Å². The summed E-state index contributed by atoms with van der Waals surface area (Å²) in [6.45, 7) is -0.396. The number of hydrogen-bond donors (Lipinski definition) is 1. The summed E-state index contributed by atoms with van der Waals surface area (Å²) in [5.74, 6) is -1.07. The number of nitrogens with one attached hydrogen (secondary N) is 1. The van der Waals surface area contributed by atoms with E-state index < -0.39 is 24.0 Å². The third-order valence-corrected chi connectivity index (χ3v) is 4.18. The lowest BCUT2D eigenvalue weighted by Crippen LogP contribution is -2.49. The number of hydrogen-bond acceptors (Lipinski definition) is 4. The molecule has 0 heterocycles. The fourth-order valence-electron chi connectivity index (χ4n) is 2.65. The second-order valence-electron chi connectivity index (χ2n) is 5.80. The molecule has 0 aromatic heterocycles. The molecule has 0 bridgehead atoms. The number of carbonyl (C=O) groups is 2. The van der Waals surface area contributed by atoms with Crippen LogP contribution in [0.2, 0.25) is 5.02 Å². The Kier molecular flexibility index (Phi) is 6.39. The van der Waals surface area contributed by atoms with Crippen molar-refractivity contribution in [3.8, 4) is 6.07 Å². The van der Waals surface area contributed by atoms with E-state index in [4.69, 9.17) is 16.3 Å². The van der Waals surface area contributed by atoms with E-state index in [1.54, 1.807) is 30.3 Å². The molecule has 0 unspecified atom stereocenters. The molecule has 1 aromatic rings. The van der Waals surface area contributed by atoms with E-state index in [1.807, 2.05) is 0 Å². The standard InChI is InChI=1S/C18H19ClN2O3/c19-15-7-4-14(5-8-15)6-9-17(23)24-12-16(22)21-18(13-20)10-2-1-3-11-18/h4-9H,1-3,10-12H2,(H,21,22)/b9-6+. The van der Waals surface area contributed by atoms with Crippen molar-refractivity contribution in [3.63, 3.8) is 0 Å². The smallest absolute Gasteiger partial charge is 0.331 e. The van der Waals surface area contributed by atoms with Gasteiger partial charge in [0, 0.05) is 11.1 Å². The number of carbonyl (C=O) groups excluding carboxylic acids is 2. The first-order valence-corrected chi connectivity index (χ1v) is 8.23. The Morgan fingerprint density at radius 3 is 2.54 bits per heavy atom. The van der Waals surface area contributed by atoms with Crippen LogP contribution in [0, 0.1) is 11.3 Å². The molecular formula is C18H19ClN2O3. The van der Waals surface area contributed by atoms with Gasteiger partial charge in [-0.15, -0.1) is 0 Å². The van der Waals surface area contributed by atoms with E-state index in [0.29, 0.717) is 17.9 Å². The number of benzene rings is 1. The highest BCUT2D eigenvalue weighted by Gasteiger charge is 2.33. The van der Waals surface area contributed by atoms with Crippen LogP contribution in [-0.4, -0.2) is 24.0 Å². The molecule has 0 aliphatic heterocycles. The highest BCUT2D eigenvalue weighted by atomic mass is 35.5.